The molecule has 0 spiro atoms. The third-order valence-electron chi connectivity index (χ3n) is 1.95. The van der Waals surface area contributed by atoms with Crippen LogP contribution in [0.2, 0.25) is 0 Å². The number of nitrogens with two attached hydrogens (primary N) is 2. The molecule has 0 rings (SSSR count). The normalized spacial score (nSPS) is 10.7. The average Bonchev–Trinajstić information content (AvgIpc) is 2.04. The molecule has 14 heavy (non-hydrogen) atoms. The molecular formula is C12H30N2. The van der Waals surface area contributed by atoms with Crippen molar-refractivity contribution in [1.82, 2.24) is 0 Å². The first kappa shape index (κ1) is 16.4. The number of hydrogen-bond donors (Lipinski definition) is 2. The standard InChI is InChI=1S/2C6H15N/c1-6(2,3)4-5-7;1-2-3-4-5-6-7/h4-5,7H2,1-3H3;2-7H2,1H3. The van der Waals surface area contributed by atoms with Gasteiger partial charge >= 0.3 is 0 Å². The molecule has 0 unspecified atom stereocenters. The molecule has 2 heteroatoms. The van der Waals surface area contributed by atoms with Crippen LogP contribution in [0.15, 0.2) is 0 Å². The van der Waals surface area contributed by atoms with Crippen LogP contribution < -0.4 is 11.5 Å². The Kier molecular flexibility index (Phi) is 12.8. The maximum absolute atomic E-state index is 5.31. The highest BCUT2D eigenvalue weighted by atomic mass is 14.5. The van der Waals surface area contributed by atoms with Crippen LogP contribution in [-0.2, 0) is 0 Å². The summed E-state index contributed by atoms with van der Waals surface area (Å²) in [6.07, 6.45) is 6.28. The van der Waals surface area contributed by atoms with Crippen LogP contribution in [0.25, 0.3) is 0 Å². The summed E-state index contributed by atoms with van der Waals surface area (Å²) in [6, 6.07) is 0. The van der Waals surface area contributed by atoms with Crippen LogP contribution >= 0.6 is 0 Å². The molecule has 0 aliphatic carbocycles. The van der Waals surface area contributed by atoms with Crippen molar-refractivity contribution >= 4 is 0 Å². The van der Waals surface area contributed by atoms with Crippen molar-refractivity contribution in [2.75, 3.05) is 13.1 Å². The second-order valence-electron chi connectivity index (χ2n) is 4.95. The highest BCUT2D eigenvalue weighted by molar-refractivity contribution is 4.60. The van der Waals surface area contributed by atoms with Gasteiger partial charge in [-0.1, -0.05) is 47.0 Å². The molecule has 4 N–H and O–H groups in total. The van der Waals surface area contributed by atoms with Gasteiger partial charge in [-0.15, -0.1) is 0 Å². The number of rotatable bonds is 5. The van der Waals surface area contributed by atoms with E-state index in [9.17, 15) is 0 Å². The van der Waals surface area contributed by atoms with Crippen molar-refractivity contribution in [3.63, 3.8) is 0 Å². The molecule has 0 atom stereocenters. The summed E-state index contributed by atoms with van der Waals surface area (Å²) < 4.78 is 0. The smallest absolute Gasteiger partial charge is 0.00723 e. The molecule has 0 radical (unpaired) electrons. The second-order valence-corrected chi connectivity index (χ2v) is 4.95. The van der Waals surface area contributed by atoms with E-state index in [1.165, 1.54) is 25.7 Å². The lowest BCUT2D eigenvalue weighted by molar-refractivity contribution is 0.385. The summed E-state index contributed by atoms with van der Waals surface area (Å²) in [4.78, 5) is 0. The van der Waals surface area contributed by atoms with Gasteiger partial charge in [-0.25, -0.2) is 0 Å². The van der Waals surface area contributed by atoms with Crippen LogP contribution in [0.3, 0.4) is 0 Å². The molecule has 0 saturated heterocycles. The topological polar surface area (TPSA) is 52.0 Å². The van der Waals surface area contributed by atoms with Crippen molar-refractivity contribution < 1.29 is 0 Å². The summed E-state index contributed by atoms with van der Waals surface area (Å²) in [6.45, 7) is 10.5. The fraction of sp³-hybridized carbons (Fsp3) is 1.00. The van der Waals surface area contributed by atoms with Crippen LogP contribution in [0.1, 0.15) is 59.8 Å². The van der Waals surface area contributed by atoms with Crippen molar-refractivity contribution in [3.8, 4) is 0 Å². The maximum Gasteiger partial charge on any atom is -0.00723 e. The van der Waals surface area contributed by atoms with Gasteiger partial charge in [0.15, 0.2) is 0 Å². The van der Waals surface area contributed by atoms with Crippen molar-refractivity contribution in [3.05, 3.63) is 0 Å². The molecule has 0 amide bonds. The summed E-state index contributed by atoms with van der Waals surface area (Å²) in [5, 5.41) is 0. The summed E-state index contributed by atoms with van der Waals surface area (Å²) in [7, 11) is 0. The van der Waals surface area contributed by atoms with Crippen LogP contribution in [0.5, 0.6) is 0 Å². The van der Waals surface area contributed by atoms with Gasteiger partial charge in [0.1, 0.15) is 0 Å². The molecule has 0 aromatic carbocycles. The van der Waals surface area contributed by atoms with E-state index in [1.54, 1.807) is 0 Å². The Morgan fingerprint density at radius 1 is 0.857 bits per heavy atom. The van der Waals surface area contributed by atoms with E-state index in [-0.39, 0.29) is 0 Å². The van der Waals surface area contributed by atoms with Gasteiger partial charge in [-0.05, 0) is 31.3 Å². The molecule has 0 bridgehead atoms. The van der Waals surface area contributed by atoms with Gasteiger partial charge in [0.25, 0.3) is 0 Å². The van der Waals surface area contributed by atoms with E-state index < -0.39 is 0 Å². The molecule has 0 fully saturated rings. The predicted octanol–water partition coefficient (Wildman–Crippen LogP) is 2.91. The van der Waals surface area contributed by atoms with Crippen molar-refractivity contribution in [2.45, 2.75) is 59.8 Å². The number of unbranched alkanes of at least 4 members (excludes halogenated alkanes) is 3. The van der Waals surface area contributed by atoms with Crippen LogP contribution in [0.4, 0.5) is 0 Å². The Morgan fingerprint density at radius 2 is 1.43 bits per heavy atom. The Morgan fingerprint density at radius 3 is 1.64 bits per heavy atom. The van der Waals surface area contributed by atoms with Crippen molar-refractivity contribution in [1.29, 1.82) is 0 Å². The van der Waals surface area contributed by atoms with Gasteiger partial charge in [-0.3, -0.25) is 0 Å². The largest absolute Gasteiger partial charge is 0.330 e. The molecule has 0 aromatic rings. The first-order valence-corrected chi connectivity index (χ1v) is 5.88. The predicted molar refractivity (Wildman–Crippen MR) is 66.3 cm³/mol. The summed E-state index contributed by atoms with van der Waals surface area (Å²) >= 11 is 0. The minimum absolute atomic E-state index is 0.425. The Bertz CT molecular complexity index is 91.0. The molecule has 88 valence electrons. The average molecular weight is 202 g/mol. The lowest BCUT2D eigenvalue weighted by Gasteiger charge is -2.15. The highest BCUT2D eigenvalue weighted by Gasteiger charge is 2.06. The third kappa shape index (κ3) is 22.7. The summed E-state index contributed by atoms with van der Waals surface area (Å²) in [5.41, 5.74) is 11.0. The zero-order valence-corrected chi connectivity index (χ0v) is 10.6. The van der Waals surface area contributed by atoms with E-state index >= 15 is 0 Å². The minimum Gasteiger partial charge on any atom is -0.330 e. The second kappa shape index (κ2) is 11.0. The SMILES string of the molecule is CC(C)(C)CCN.CCCCCCN. The fourth-order valence-corrected chi connectivity index (χ4v) is 1.00. The molecule has 0 saturated carbocycles. The van der Waals surface area contributed by atoms with E-state index in [1.807, 2.05) is 0 Å². The summed E-state index contributed by atoms with van der Waals surface area (Å²) in [5.74, 6) is 0. The monoisotopic (exact) mass is 202 g/mol. The van der Waals surface area contributed by atoms with E-state index in [2.05, 4.69) is 27.7 Å². The molecule has 0 aliphatic heterocycles. The van der Waals surface area contributed by atoms with Crippen LogP contribution in [-0.4, -0.2) is 13.1 Å². The zero-order valence-electron chi connectivity index (χ0n) is 10.6. The van der Waals surface area contributed by atoms with Gasteiger partial charge in [0.2, 0.25) is 0 Å². The maximum atomic E-state index is 5.31. The van der Waals surface area contributed by atoms with Gasteiger partial charge < -0.3 is 11.5 Å². The lowest BCUT2D eigenvalue weighted by atomic mass is 9.93. The van der Waals surface area contributed by atoms with Crippen LogP contribution in [0, 0.1) is 5.41 Å². The van der Waals surface area contributed by atoms with E-state index in [0.29, 0.717) is 5.41 Å². The van der Waals surface area contributed by atoms with Gasteiger partial charge in [0, 0.05) is 0 Å². The molecule has 0 heterocycles. The Labute approximate surface area is 90.4 Å². The number of hydrogen-bond acceptors (Lipinski definition) is 2. The van der Waals surface area contributed by atoms with E-state index in [4.69, 9.17) is 11.5 Å². The first-order chi connectivity index (χ1) is 6.47. The van der Waals surface area contributed by atoms with Crippen molar-refractivity contribution in [2.24, 2.45) is 16.9 Å². The lowest BCUT2D eigenvalue weighted by Crippen LogP contribution is -2.12. The molecule has 2 nitrogen and oxygen atoms in total. The Hall–Kier alpha value is -0.0800. The Balaban J connectivity index is 0. The molecular weight excluding hydrogens is 172 g/mol. The van der Waals surface area contributed by atoms with E-state index in [0.717, 1.165) is 19.5 Å². The van der Waals surface area contributed by atoms with Gasteiger partial charge in [-0.2, -0.15) is 0 Å². The van der Waals surface area contributed by atoms with Gasteiger partial charge in [0.05, 0.1) is 0 Å². The highest BCUT2D eigenvalue weighted by Crippen LogP contribution is 2.16. The minimum atomic E-state index is 0.425. The first-order valence-electron chi connectivity index (χ1n) is 5.88. The third-order valence-corrected chi connectivity index (χ3v) is 1.95. The molecule has 0 aromatic heterocycles. The fourth-order valence-electron chi connectivity index (χ4n) is 1.00. The quantitative estimate of drug-likeness (QED) is 0.674. The molecule has 0 aliphatic rings. The zero-order chi connectivity index (χ0) is 11.4.